The molecule has 3 rings (SSSR count). The van der Waals surface area contributed by atoms with Crippen molar-refractivity contribution in [2.45, 2.75) is 71.5 Å². The number of nitrogens with one attached hydrogen (secondary N) is 1. The molecule has 1 aromatic heterocycles. The molecule has 0 atom stereocenters. The Morgan fingerprint density at radius 1 is 1.15 bits per heavy atom. The van der Waals surface area contributed by atoms with E-state index in [1.165, 1.54) is 31.2 Å². The van der Waals surface area contributed by atoms with Gasteiger partial charge < -0.3 is 11.1 Å². The van der Waals surface area contributed by atoms with Gasteiger partial charge in [0.2, 0.25) is 11.9 Å². The molecule has 0 unspecified atom stereocenters. The van der Waals surface area contributed by atoms with E-state index in [1.54, 1.807) is 0 Å². The average Bonchev–Trinajstić information content (AvgIpc) is 3.13. The molecular weight excluding hydrogens is 324 g/mol. The van der Waals surface area contributed by atoms with Crippen LogP contribution in [-0.2, 0) is 13.0 Å². The van der Waals surface area contributed by atoms with Gasteiger partial charge in [-0.1, -0.05) is 38.0 Å². The van der Waals surface area contributed by atoms with Crippen molar-refractivity contribution >= 4 is 17.6 Å². The third-order valence-electron chi connectivity index (χ3n) is 5.12. The number of hydrogen-bond donors (Lipinski definition) is 2. The highest BCUT2D eigenvalue weighted by Crippen LogP contribution is 2.26. The molecule has 0 aliphatic heterocycles. The number of rotatable bonds is 7. The summed E-state index contributed by atoms with van der Waals surface area (Å²) in [4.78, 5) is 15.8. The first-order chi connectivity index (χ1) is 12.6. The van der Waals surface area contributed by atoms with Crippen LogP contribution in [0.2, 0.25) is 0 Å². The molecule has 1 heterocycles. The van der Waals surface area contributed by atoms with E-state index in [9.17, 15) is 0 Å². The van der Waals surface area contributed by atoms with Gasteiger partial charge in [-0.05, 0) is 44.7 Å². The molecule has 1 aromatic carbocycles. The van der Waals surface area contributed by atoms with E-state index < -0.39 is 0 Å². The Bertz CT molecular complexity index is 724. The van der Waals surface area contributed by atoms with Crippen LogP contribution in [-0.4, -0.2) is 31.9 Å². The van der Waals surface area contributed by atoms with Crippen LogP contribution in [0.25, 0.3) is 0 Å². The molecule has 2 aromatic rings. The zero-order chi connectivity index (χ0) is 18.5. The normalized spacial score (nSPS) is 15.1. The molecule has 0 saturated heterocycles. The Labute approximate surface area is 156 Å². The largest absolute Gasteiger partial charge is 0.368 e. The van der Waals surface area contributed by atoms with Gasteiger partial charge in [-0.3, -0.25) is 4.90 Å². The van der Waals surface area contributed by atoms with Crippen LogP contribution in [0.1, 0.15) is 57.8 Å². The quantitative estimate of drug-likeness (QED) is 0.784. The number of aromatic nitrogens is 3. The second kappa shape index (κ2) is 8.45. The average molecular weight is 355 g/mol. The van der Waals surface area contributed by atoms with E-state index >= 15 is 0 Å². The van der Waals surface area contributed by atoms with E-state index in [0.29, 0.717) is 24.6 Å². The minimum atomic E-state index is 0.265. The van der Waals surface area contributed by atoms with Crippen molar-refractivity contribution in [3.63, 3.8) is 0 Å². The van der Waals surface area contributed by atoms with Gasteiger partial charge in [-0.25, -0.2) is 0 Å². The zero-order valence-electron chi connectivity index (χ0n) is 16.1. The van der Waals surface area contributed by atoms with Crippen molar-refractivity contribution in [2.75, 3.05) is 11.1 Å². The van der Waals surface area contributed by atoms with Crippen LogP contribution in [0, 0.1) is 0 Å². The molecule has 3 N–H and O–H groups in total. The van der Waals surface area contributed by atoms with Crippen LogP contribution < -0.4 is 11.1 Å². The first-order valence-electron chi connectivity index (χ1n) is 9.68. The van der Waals surface area contributed by atoms with E-state index in [4.69, 9.17) is 5.73 Å². The summed E-state index contributed by atoms with van der Waals surface area (Å²) in [6, 6.07) is 9.26. The molecule has 0 radical (unpaired) electrons. The van der Waals surface area contributed by atoms with Crippen LogP contribution in [0.3, 0.4) is 0 Å². The lowest BCUT2D eigenvalue weighted by Gasteiger charge is -2.31. The van der Waals surface area contributed by atoms with Crippen LogP contribution in [0.5, 0.6) is 0 Å². The predicted molar refractivity (Wildman–Crippen MR) is 106 cm³/mol. The minimum Gasteiger partial charge on any atom is -0.368 e. The van der Waals surface area contributed by atoms with Gasteiger partial charge in [0.15, 0.2) is 0 Å². The number of nitrogen functional groups attached to an aromatic ring is 1. The Balaban J connectivity index is 1.80. The molecule has 26 heavy (non-hydrogen) atoms. The lowest BCUT2D eigenvalue weighted by atomic mass is 10.1. The van der Waals surface area contributed by atoms with Gasteiger partial charge in [0.25, 0.3) is 0 Å². The van der Waals surface area contributed by atoms with Gasteiger partial charge in [-0.2, -0.15) is 15.0 Å². The highest BCUT2D eigenvalue weighted by atomic mass is 15.2. The fourth-order valence-corrected chi connectivity index (χ4v) is 3.77. The third kappa shape index (κ3) is 4.49. The van der Waals surface area contributed by atoms with E-state index in [-0.39, 0.29) is 5.95 Å². The number of hydrogen-bond acceptors (Lipinski definition) is 6. The van der Waals surface area contributed by atoms with E-state index in [0.717, 1.165) is 17.9 Å². The smallest absolute Gasteiger partial charge is 0.232 e. The molecule has 6 heteroatoms. The lowest BCUT2D eigenvalue weighted by molar-refractivity contribution is 0.142. The fourth-order valence-electron chi connectivity index (χ4n) is 3.77. The minimum absolute atomic E-state index is 0.265. The molecule has 140 valence electrons. The first-order valence-corrected chi connectivity index (χ1v) is 9.68. The molecular formula is C20H30N6. The Hall–Kier alpha value is -2.21. The Morgan fingerprint density at radius 3 is 2.58 bits per heavy atom. The van der Waals surface area contributed by atoms with Gasteiger partial charge >= 0.3 is 0 Å². The monoisotopic (exact) mass is 354 g/mol. The standard InChI is InChI=1S/C20H30N6/c1-4-15-9-5-8-12-17(15)22-20-24-18(23-19(21)25-20)13-26(14(2)3)16-10-6-7-11-16/h5,8-9,12,14,16H,4,6-7,10-11,13H2,1-3H3,(H3,21,22,23,24,25). The highest BCUT2D eigenvalue weighted by molar-refractivity contribution is 5.58. The summed E-state index contributed by atoms with van der Waals surface area (Å²) >= 11 is 0. The van der Waals surface area contributed by atoms with Gasteiger partial charge in [0.05, 0.1) is 6.54 Å². The van der Waals surface area contributed by atoms with E-state index in [1.807, 2.05) is 18.2 Å². The van der Waals surface area contributed by atoms with Gasteiger partial charge in [-0.15, -0.1) is 0 Å². The van der Waals surface area contributed by atoms with Gasteiger partial charge in [0, 0.05) is 17.8 Å². The number of benzene rings is 1. The molecule has 1 aliphatic carbocycles. The van der Waals surface area contributed by atoms with Crippen LogP contribution >= 0.6 is 0 Å². The second-order valence-corrected chi connectivity index (χ2v) is 7.27. The van der Waals surface area contributed by atoms with E-state index in [2.05, 4.69) is 52.0 Å². The van der Waals surface area contributed by atoms with Crippen molar-refractivity contribution in [3.05, 3.63) is 35.7 Å². The Kier molecular flexibility index (Phi) is 6.04. The summed E-state index contributed by atoms with van der Waals surface area (Å²) in [7, 11) is 0. The van der Waals surface area contributed by atoms with Crippen molar-refractivity contribution in [1.82, 2.24) is 19.9 Å². The molecule has 0 spiro atoms. The molecule has 1 aliphatic rings. The molecule has 6 nitrogen and oxygen atoms in total. The summed E-state index contributed by atoms with van der Waals surface area (Å²) in [5, 5.41) is 3.32. The molecule has 0 amide bonds. The lowest BCUT2D eigenvalue weighted by Crippen LogP contribution is -2.38. The summed E-state index contributed by atoms with van der Waals surface area (Å²) in [5.74, 6) is 1.51. The predicted octanol–water partition coefficient (Wildman–Crippen LogP) is 3.91. The number of anilines is 3. The van der Waals surface area contributed by atoms with Crippen molar-refractivity contribution < 1.29 is 0 Å². The molecule has 0 bridgehead atoms. The topological polar surface area (TPSA) is 80.0 Å². The van der Waals surface area contributed by atoms with Crippen molar-refractivity contribution in [1.29, 1.82) is 0 Å². The maximum absolute atomic E-state index is 5.97. The number of aryl methyl sites for hydroxylation is 1. The first kappa shape index (κ1) is 18.6. The zero-order valence-corrected chi connectivity index (χ0v) is 16.1. The maximum atomic E-state index is 5.97. The summed E-state index contributed by atoms with van der Waals surface area (Å²) in [5.41, 5.74) is 8.21. The summed E-state index contributed by atoms with van der Waals surface area (Å²) in [6.07, 6.45) is 6.09. The maximum Gasteiger partial charge on any atom is 0.232 e. The van der Waals surface area contributed by atoms with Crippen molar-refractivity contribution in [2.24, 2.45) is 0 Å². The van der Waals surface area contributed by atoms with Crippen molar-refractivity contribution in [3.8, 4) is 0 Å². The van der Waals surface area contributed by atoms with Crippen LogP contribution in [0.15, 0.2) is 24.3 Å². The summed E-state index contributed by atoms with van der Waals surface area (Å²) in [6.45, 7) is 7.31. The van der Waals surface area contributed by atoms with Gasteiger partial charge in [0.1, 0.15) is 5.82 Å². The second-order valence-electron chi connectivity index (χ2n) is 7.27. The highest BCUT2D eigenvalue weighted by Gasteiger charge is 2.25. The number of nitrogens with zero attached hydrogens (tertiary/aromatic N) is 4. The molecule has 1 saturated carbocycles. The number of para-hydroxylation sites is 1. The fraction of sp³-hybridized carbons (Fsp3) is 0.550. The SMILES string of the molecule is CCc1ccccc1Nc1nc(N)nc(CN(C(C)C)C2CCCC2)n1. The summed E-state index contributed by atoms with van der Waals surface area (Å²) < 4.78 is 0. The van der Waals surface area contributed by atoms with Crippen LogP contribution in [0.4, 0.5) is 17.6 Å². The Morgan fingerprint density at radius 2 is 1.88 bits per heavy atom. The number of nitrogens with two attached hydrogens (primary N) is 1. The third-order valence-corrected chi connectivity index (χ3v) is 5.12. The molecule has 1 fully saturated rings.